The second-order valence-electron chi connectivity index (χ2n) is 6.34. The lowest BCUT2D eigenvalue weighted by atomic mass is 9.75. The predicted octanol–water partition coefficient (Wildman–Crippen LogP) is 3.20. The summed E-state index contributed by atoms with van der Waals surface area (Å²) in [5.74, 6) is 1.27. The number of amidine groups is 1. The predicted molar refractivity (Wildman–Crippen MR) is 81.9 cm³/mol. The number of ether oxygens (including phenoxy) is 1. The number of rotatable bonds is 2. The number of hydrogen-bond acceptors (Lipinski definition) is 4. The number of aliphatic imine (C=N–C) groups is 1. The van der Waals surface area contributed by atoms with Gasteiger partial charge in [0.05, 0.1) is 6.10 Å². The summed E-state index contributed by atoms with van der Waals surface area (Å²) in [6.07, 6.45) is 11.2. The van der Waals surface area contributed by atoms with E-state index in [1.165, 1.54) is 57.1 Å². The molecule has 0 aromatic carbocycles. The van der Waals surface area contributed by atoms with E-state index in [9.17, 15) is 0 Å². The molecule has 1 saturated heterocycles. The molecular formula is C15H26N2OS. The van der Waals surface area contributed by atoms with Gasteiger partial charge < -0.3 is 10.1 Å². The first-order valence-corrected chi connectivity index (χ1v) is 8.88. The van der Waals surface area contributed by atoms with Crippen molar-refractivity contribution in [1.29, 1.82) is 0 Å². The molecule has 0 aromatic heterocycles. The van der Waals surface area contributed by atoms with Gasteiger partial charge >= 0.3 is 0 Å². The Morgan fingerprint density at radius 1 is 1.21 bits per heavy atom. The largest absolute Gasteiger partial charge is 0.376 e. The summed E-state index contributed by atoms with van der Waals surface area (Å²) in [7, 11) is 0. The smallest absolute Gasteiger partial charge is 0.156 e. The van der Waals surface area contributed by atoms with Crippen molar-refractivity contribution in [1.82, 2.24) is 5.32 Å². The normalized spacial score (nSPS) is 30.9. The van der Waals surface area contributed by atoms with E-state index in [0.717, 1.165) is 24.9 Å². The number of nitrogens with one attached hydrogen (secondary N) is 1. The first-order valence-electron chi connectivity index (χ1n) is 7.89. The second-order valence-corrected chi connectivity index (χ2v) is 7.30. The van der Waals surface area contributed by atoms with Gasteiger partial charge in [-0.3, -0.25) is 4.99 Å². The molecule has 1 saturated carbocycles. The van der Waals surface area contributed by atoms with Crippen LogP contribution in [0, 0.1) is 5.41 Å². The summed E-state index contributed by atoms with van der Waals surface area (Å²) < 4.78 is 5.75. The highest BCUT2D eigenvalue weighted by atomic mass is 32.2. The lowest BCUT2D eigenvalue weighted by molar-refractivity contribution is 0.0196. The number of nitrogens with zero attached hydrogens (tertiary/aromatic N) is 1. The molecule has 3 aliphatic rings. The zero-order valence-corrected chi connectivity index (χ0v) is 12.6. The maximum atomic E-state index is 5.75. The van der Waals surface area contributed by atoms with Gasteiger partial charge in [0, 0.05) is 25.4 Å². The van der Waals surface area contributed by atoms with Gasteiger partial charge in [0.15, 0.2) is 5.17 Å². The molecule has 0 bridgehead atoms. The van der Waals surface area contributed by atoms with Gasteiger partial charge in [-0.15, -0.1) is 0 Å². The molecule has 2 fully saturated rings. The van der Waals surface area contributed by atoms with E-state index in [2.05, 4.69) is 5.32 Å². The van der Waals surface area contributed by atoms with Crippen molar-refractivity contribution in [2.24, 2.45) is 10.4 Å². The van der Waals surface area contributed by atoms with Gasteiger partial charge in [-0.25, -0.2) is 0 Å². The summed E-state index contributed by atoms with van der Waals surface area (Å²) >= 11 is 1.94. The van der Waals surface area contributed by atoms with Crippen molar-refractivity contribution in [3.05, 3.63) is 0 Å². The van der Waals surface area contributed by atoms with Crippen LogP contribution in [0.1, 0.15) is 51.4 Å². The van der Waals surface area contributed by atoms with Crippen molar-refractivity contribution in [3.63, 3.8) is 0 Å². The summed E-state index contributed by atoms with van der Waals surface area (Å²) in [6.45, 7) is 2.93. The quantitative estimate of drug-likeness (QED) is 0.844. The Labute approximate surface area is 121 Å². The van der Waals surface area contributed by atoms with Crippen LogP contribution in [-0.2, 0) is 4.74 Å². The van der Waals surface area contributed by atoms with Crippen molar-refractivity contribution < 1.29 is 4.74 Å². The molecule has 1 atom stereocenters. The average molecular weight is 282 g/mol. The molecule has 2 heterocycles. The lowest BCUT2D eigenvalue weighted by Crippen LogP contribution is -2.39. The van der Waals surface area contributed by atoms with Gasteiger partial charge in [-0.05, 0) is 37.5 Å². The maximum absolute atomic E-state index is 5.75. The number of thioether (sulfide) groups is 1. The van der Waals surface area contributed by atoms with Gasteiger partial charge in [0.25, 0.3) is 0 Å². The van der Waals surface area contributed by atoms with E-state index in [4.69, 9.17) is 9.73 Å². The first-order chi connectivity index (χ1) is 9.36. The second kappa shape index (κ2) is 6.49. The molecule has 0 aromatic rings. The molecule has 1 unspecified atom stereocenters. The summed E-state index contributed by atoms with van der Waals surface area (Å²) in [4.78, 5) is 4.80. The Kier molecular flexibility index (Phi) is 4.69. The van der Waals surface area contributed by atoms with Crippen molar-refractivity contribution in [2.75, 3.05) is 25.4 Å². The molecule has 2 aliphatic heterocycles. The Bertz CT molecular complexity index is 320. The lowest BCUT2D eigenvalue weighted by Gasteiger charge is -2.38. The van der Waals surface area contributed by atoms with E-state index in [1.54, 1.807) is 0 Å². The molecule has 3 nitrogen and oxygen atoms in total. The van der Waals surface area contributed by atoms with Crippen LogP contribution in [0.25, 0.3) is 0 Å². The molecule has 1 spiro atoms. The van der Waals surface area contributed by atoms with Crippen LogP contribution in [0.15, 0.2) is 4.99 Å². The topological polar surface area (TPSA) is 33.6 Å². The van der Waals surface area contributed by atoms with Crippen molar-refractivity contribution >= 4 is 16.9 Å². The van der Waals surface area contributed by atoms with Gasteiger partial charge in [0.2, 0.25) is 0 Å². The van der Waals surface area contributed by atoms with E-state index in [0.29, 0.717) is 11.5 Å². The molecule has 19 heavy (non-hydrogen) atoms. The van der Waals surface area contributed by atoms with E-state index < -0.39 is 0 Å². The summed E-state index contributed by atoms with van der Waals surface area (Å²) in [5.41, 5.74) is 0.537. The zero-order valence-electron chi connectivity index (χ0n) is 11.8. The first kappa shape index (κ1) is 13.7. The van der Waals surface area contributed by atoms with E-state index >= 15 is 0 Å². The Morgan fingerprint density at radius 2 is 2.11 bits per heavy atom. The highest BCUT2D eigenvalue weighted by Crippen LogP contribution is 2.41. The fourth-order valence-corrected chi connectivity index (χ4v) is 4.60. The zero-order chi connectivity index (χ0) is 13.0. The fraction of sp³-hybridized carbons (Fsp3) is 0.933. The molecule has 108 valence electrons. The van der Waals surface area contributed by atoms with Crippen molar-refractivity contribution in [2.45, 2.75) is 57.5 Å². The monoisotopic (exact) mass is 282 g/mol. The molecule has 0 radical (unpaired) electrons. The van der Waals surface area contributed by atoms with Crippen LogP contribution in [-0.4, -0.2) is 36.7 Å². The van der Waals surface area contributed by atoms with Gasteiger partial charge in [0.1, 0.15) is 0 Å². The van der Waals surface area contributed by atoms with E-state index in [1.807, 2.05) is 11.8 Å². The molecular weight excluding hydrogens is 256 g/mol. The minimum Gasteiger partial charge on any atom is -0.376 e. The van der Waals surface area contributed by atoms with E-state index in [-0.39, 0.29) is 0 Å². The third-order valence-electron chi connectivity index (χ3n) is 4.74. The van der Waals surface area contributed by atoms with Crippen molar-refractivity contribution in [3.8, 4) is 0 Å². The Hall–Kier alpha value is -0.220. The Balaban J connectivity index is 1.45. The maximum Gasteiger partial charge on any atom is 0.156 e. The van der Waals surface area contributed by atoms with Crippen LogP contribution in [0.3, 0.4) is 0 Å². The van der Waals surface area contributed by atoms with Crippen LogP contribution in [0.5, 0.6) is 0 Å². The summed E-state index contributed by atoms with van der Waals surface area (Å²) in [6, 6.07) is 0. The van der Waals surface area contributed by atoms with Crippen LogP contribution < -0.4 is 5.32 Å². The molecule has 0 amide bonds. The fourth-order valence-electron chi connectivity index (χ4n) is 3.43. The SMILES string of the molecule is C1CCC2(CC1)CN=C(NCC1CCCCO1)SC2. The minimum atomic E-state index is 0.405. The number of hydrogen-bond donors (Lipinski definition) is 1. The van der Waals surface area contributed by atoms with Crippen LogP contribution in [0.2, 0.25) is 0 Å². The van der Waals surface area contributed by atoms with Crippen LogP contribution in [0.4, 0.5) is 0 Å². The molecule has 1 aliphatic carbocycles. The van der Waals surface area contributed by atoms with Gasteiger partial charge in [-0.1, -0.05) is 31.0 Å². The summed E-state index contributed by atoms with van der Waals surface area (Å²) in [5, 5.41) is 4.66. The highest BCUT2D eigenvalue weighted by Gasteiger charge is 2.34. The molecule has 4 heteroatoms. The molecule has 1 N–H and O–H groups in total. The van der Waals surface area contributed by atoms with Crippen LogP contribution >= 0.6 is 11.8 Å². The highest BCUT2D eigenvalue weighted by molar-refractivity contribution is 8.13. The standard InChI is InChI=1S/C15H26N2OS/c1-3-7-15(8-4-1)11-17-14(19-12-15)16-10-13-6-2-5-9-18-13/h13H,1-12H2,(H,16,17). The molecule has 3 rings (SSSR count). The van der Waals surface area contributed by atoms with Gasteiger partial charge in [-0.2, -0.15) is 0 Å². The minimum absolute atomic E-state index is 0.405. The Morgan fingerprint density at radius 3 is 2.79 bits per heavy atom. The third-order valence-corrected chi connectivity index (χ3v) is 6.05. The average Bonchev–Trinajstić information content (AvgIpc) is 2.49. The third kappa shape index (κ3) is 3.66.